The second-order valence-corrected chi connectivity index (χ2v) is 12.3. The fraction of sp³-hybridized carbons (Fsp3) is 0.406. The number of ether oxygens (including phenoxy) is 1. The lowest BCUT2D eigenvalue weighted by atomic mass is 9.67. The third-order valence-electron chi connectivity index (χ3n) is 8.25. The van der Waals surface area contributed by atoms with E-state index in [4.69, 9.17) is 9.72 Å². The summed E-state index contributed by atoms with van der Waals surface area (Å²) in [4.78, 5) is 33.5. The molecule has 6 rings (SSSR count). The Hall–Kier alpha value is -3.91. The molecule has 2 aliphatic carbocycles. The number of fused-ring (bicyclic) bond motifs is 1. The lowest BCUT2D eigenvalue weighted by Gasteiger charge is -2.56. The SMILES string of the molecule is CC(C)(C)N(C(=O)O)C1(c2ccc(-c3nc4c(cc3-c3ccccc3)N(CC3CC3)C(=O)CO4)cc2)CC(O)C1. The Bertz CT molecular complexity index is 1440. The second kappa shape index (κ2) is 9.63. The molecule has 0 bridgehead atoms. The van der Waals surface area contributed by atoms with Crippen molar-refractivity contribution >= 4 is 17.7 Å². The second-order valence-electron chi connectivity index (χ2n) is 12.3. The van der Waals surface area contributed by atoms with E-state index in [0.29, 0.717) is 36.9 Å². The van der Waals surface area contributed by atoms with Gasteiger partial charge >= 0.3 is 6.09 Å². The Labute approximate surface area is 234 Å². The highest BCUT2D eigenvalue weighted by atomic mass is 16.5. The third-order valence-corrected chi connectivity index (χ3v) is 8.25. The van der Waals surface area contributed by atoms with Crippen molar-refractivity contribution < 1.29 is 24.5 Å². The van der Waals surface area contributed by atoms with Gasteiger partial charge in [0.25, 0.3) is 5.91 Å². The molecule has 2 aromatic carbocycles. The molecule has 40 heavy (non-hydrogen) atoms. The summed E-state index contributed by atoms with van der Waals surface area (Å²) in [5.41, 5.74) is 3.54. The summed E-state index contributed by atoms with van der Waals surface area (Å²) in [5.74, 6) is 0.924. The van der Waals surface area contributed by atoms with Crippen LogP contribution >= 0.6 is 0 Å². The number of carbonyl (C=O) groups excluding carboxylic acids is 1. The molecular weight excluding hydrogens is 506 g/mol. The molecule has 2 fully saturated rings. The summed E-state index contributed by atoms with van der Waals surface area (Å²) in [7, 11) is 0. The Kier molecular flexibility index (Phi) is 6.33. The van der Waals surface area contributed by atoms with Crippen LogP contribution in [0, 0.1) is 5.92 Å². The van der Waals surface area contributed by atoms with Gasteiger partial charge in [0.15, 0.2) is 6.61 Å². The molecule has 0 atom stereocenters. The van der Waals surface area contributed by atoms with Crippen LogP contribution < -0.4 is 9.64 Å². The molecule has 2 heterocycles. The number of rotatable bonds is 6. The van der Waals surface area contributed by atoms with Crippen molar-refractivity contribution in [2.45, 2.75) is 63.6 Å². The molecule has 8 heteroatoms. The van der Waals surface area contributed by atoms with Crippen molar-refractivity contribution in [1.29, 1.82) is 0 Å². The standard InChI is InChI=1S/C32H35N3O5/c1-31(2,3)35(30(38)39)32(16-24(36)17-32)23-13-11-22(12-14-23)28-25(21-7-5-4-6-8-21)15-26-29(33-28)40-19-27(37)34(26)18-20-9-10-20/h4-8,11-15,20,24,36H,9-10,16-19H2,1-3H3,(H,38,39). The number of pyridine rings is 1. The highest BCUT2D eigenvalue weighted by Crippen LogP contribution is 2.50. The number of nitrogens with zero attached hydrogens (tertiary/aromatic N) is 3. The number of amides is 2. The lowest BCUT2D eigenvalue weighted by molar-refractivity contribution is -0.121. The molecule has 8 nitrogen and oxygen atoms in total. The Morgan fingerprint density at radius 3 is 2.33 bits per heavy atom. The van der Waals surface area contributed by atoms with E-state index in [1.165, 1.54) is 4.90 Å². The van der Waals surface area contributed by atoms with Gasteiger partial charge in [-0.25, -0.2) is 9.78 Å². The number of aromatic nitrogens is 1. The van der Waals surface area contributed by atoms with Crippen molar-refractivity contribution in [3.05, 3.63) is 66.2 Å². The first-order chi connectivity index (χ1) is 19.1. The first-order valence-corrected chi connectivity index (χ1v) is 13.9. The fourth-order valence-electron chi connectivity index (χ4n) is 6.26. The summed E-state index contributed by atoms with van der Waals surface area (Å²) in [6, 6.07) is 19.8. The van der Waals surface area contributed by atoms with Gasteiger partial charge in [-0.2, -0.15) is 0 Å². The van der Waals surface area contributed by atoms with Crippen molar-refractivity contribution in [1.82, 2.24) is 9.88 Å². The normalized spacial score (nSPS) is 22.2. The Balaban J connectivity index is 1.43. The van der Waals surface area contributed by atoms with Crippen LogP contribution in [0.25, 0.3) is 22.4 Å². The highest BCUT2D eigenvalue weighted by Gasteiger charge is 2.54. The number of aliphatic hydroxyl groups is 1. The number of carboxylic acid groups (broad SMARTS) is 1. The summed E-state index contributed by atoms with van der Waals surface area (Å²) >= 11 is 0. The van der Waals surface area contributed by atoms with Crippen LogP contribution in [0.3, 0.4) is 0 Å². The van der Waals surface area contributed by atoms with Crippen LogP contribution in [-0.4, -0.2) is 56.9 Å². The Morgan fingerprint density at radius 1 is 1.07 bits per heavy atom. The molecule has 2 N–H and O–H groups in total. The topological polar surface area (TPSA) is 103 Å². The van der Waals surface area contributed by atoms with Gasteiger partial charge in [0.2, 0.25) is 5.88 Å². The van der Waals surface area contributed by atoms with Crippen molar-refractivity contribution in [3.8, 4) is 28.3 Å². The van der Waals surface area contributed by atoms with Crippen LogP contribution in [0.4, 0.5) is 10.5 Å². The monoisotopic (exact) mass is 541 g/mol. The van der Waals surface area contributed by atoms with Gasteiger partial charge in [-0.05, 0) is 56.7 Å². The minimum Gasteiger partial charge on any atom is -0.466 e. The maximum absolute atomic E-state index is 12.8. The molecule has 208 valence electrons. The quantitative estimate of drug-likeness (QED) is 0.416. The minimum atomic E-state index is -1.01. The van der Waals surface area contributed by atoms with Crippen LogP contribution in [0.5, 0.6) is 5.88 Å². The number of benzene rings is 2. The molecule has 3 aromatic rings. The van der Waals surface area contributed by atoms with E-state index in [2.05, 4.69) is 0 Å². The average Bonchev–Trinajstić information content (AvgIpc) is 3.72. The summed E-state index contributed by atoms with van der Waals surface area (Å²) in [5, 5.41) is 20.4. The molecule has 0 saturated heterocycles. The van der Waals surface area contributed by atoms with Crippen LogP contribution in [0.1, 0.15) is 52.0 Å². The molecule has 0 radical (unpaired) electrons. The van der Waals surface area contributed by atoms with Crippen LogP contribution in [0.2, 0.25) is 0 Å². The molecule has 2 amide bonds. The van der Waals surface area contributed by atoms with Gasteiger partial charge in [0, 0.05) is 36.1 Å². The van der Waals surface area contributed by atoms with Gasteiger partial charge in [-0.1, -0.05) is 54.6 Å². The number of carbonyl (C=O) groups is 2. The van der Waals surface area contributed by atoms with E-state index < -0.39 is 23.3 Å². The van der Waals surface area contributed by atoms with Crippen LogP contribution in [0.15, 0.2) is 60.7 Å². The lowest BCUT2D eigenvalue weighted by Crippen LogP contribution is -2.64. The zero-order valence-corrected chi connectivity index (χ0v) is 23.1. The minimum absolute atomic E-state index is 0.0293. The van der Waals surface area contributed by atoms with E-state index in [0.717, 1.165) is 40.8 Å². The number of hydrogen-bond acceptors (Lipinski definition) is 5. The summed E-state index contributed by atoms with van der Waals surface area (Å²) < 4.78 is 5.83. The first-order valence-electron chi connectivity index (χ1n) is 13.9. The first kappa shape index (κ1) is 26.3. The molecule has 1 aromatic heterocycles. The van der Waals surface area contributed by atoms with Gasteiger partial charge < -0.3 is 19.8 Å². The van der Waals surface area contributed by atoms with Gasteiger partial charge in [-0.15, -0.1) is 0 Å². The average molecular weight is 542 g/mol. The van der Waals surface area contributed by atoms with Gasteiger partial charge in [0.05, 0.1) is 17.3 Å². The molecule has 0 spiro atoms. The fourth-order valence-corrected chi connectivity index (χ4v) is 6.26. The molecular formula is C32H35N3O5. The molecule has 2 saturated carbocycles. The zero-order chi connectivity index (χ0) is 28.2. The van der Waals surface area contributed by atoms with E-state index in [1.54, 1.807) is 0 Å². The van der Waals surface area contributed by atoms with Gasteiger partial charge in [-0.3, -0.25) is 9.69 Å². The third kappa shape index (κ3) is 4.60. The predicted molar refractivity (Wildman–Crippen MR) is 152 cm³/mol. The van der Waals surface area contributed by atoms with E-state index in [-0.39, 0.29) is 12.5 Å². The van der Waals surface area contributed by atoms with Crippen molar-refractivity contribution in [3.63, 3.8) is 0 Å². The maximum Gasteiger partial charge on any atom is 0.408 e. The van der Waals surface area contributed by atoms with E-state index in [9.17, 15) is 19.8 Å². The smallest absolute Gasteiger partial charge is 0.408 e. The maximum atomic E-state index is 12.8. The Morgan fingerprint density at radius 2 is 1.75 bits per heavy atom. The molecule has 0 unspecified atom stereocenters. The van der Waals surface area contributed by atoms with Crippen molar-refractivity contribution in [2.24, 2.45) is 5.92 Å². The molecule has 3 aliphatic rings. The van der Waals surface area contributed by atoms with Crippen LogP contribution in [-0.2, 0) is 10.3 Å². The van der Waals surface area contributed by atoms with E-state index in [1.807, 2.05) is 86.3 Å². The van der Waals surface area contributed by atoms with Gasteiger partial charge in [0.1, 0.15) is 5.69 Å². The largest absolute Gasteiger partial charge is 0.466 e. The highest BCUT2D eigenvalue weighted by molar-refractivity contribution is 5.99. The van der Waals surface area contributed by atoms with Crippen molar-refractivity contribution in [2.75, 3.05) is 18.1 Å². The summed E-state index contributed by atoms with van der Waals surface area (Å²) in [6.07, 6.45) is 1.41. The predicted octanol–water partition coefficient (Wildman–Crippen LogP) is 5.68. The summed E-state index contributed by atoms with van der Waals surface area (Å²) in [6.45, 7) is 6.28. The molecule has 1 aliphatic heterocycles. The number of aliphatic hydroxyl groups excluding tert-OH is 1. The van der Waals surface area contributed by atoms with E-state index >= 15 is 0 Å². The number of hydrogen-bond donors (Lipinski definition) is 2. The number of anilines is 1. The zero-order valence-electron chi connectivity index (χ0n) is 23.1.